The van der Waals surface area contributed by atoms with Gasteiger partial charge in [0.1, 0.15) is 5.75 Å². The number of guanidine groups is 1. The van der Waals surface area contributed by atoms with Crippen LogP contribution in [-0.4, -0.2) is 33.3 Å². The molecule has 0 bridgehead atoms. The standard InChI is InChI=1S/C18H21F2N3O3/c1-24-15-8-7-13(11-16(15)25-2)23-18(21)22-10-9-12-5-3-4-6-14(12)26-17(19)20/h3-8,11,17H,9-10H2,1-2H3,(H3,21,22,23). The van der Waals surface area contributed by atoms with Gasteiger partial charge in [0.15, 0.2) is 17.5 Å². The summed E-state index contributed by atoms with van der Waals surface area (Å²) in [6.45, 7) is -2.55. The van der Waals surface area contributed by atoms with Gasteiger partial charge in [-0.15, -0.1) is 0 Å². The summed E-state index contributed by atoms with van der Waals surface area (Å²) in [7, 11) is 3.09. The second-order valence-corrected chi connectivity index (χ2v) is 5.20. The third kappa shape index (κ3) is 5.51. The number of para-hydroxylation sites is 1. The molecule has 0 aliphatic carbocycles. The van der Waals surface area contributed by atoms with Crippen LogP contribution in [0.3, 0.4) is 0 Å². The number of aliphatic imine (C=N–C) groups is 1. The van der Waals surface area contributed by atoms with Crippen LogP contribution in [0.2, 0.25) is 0 Å². The van der Waals surface area contributed by atoms with E-state index >= 15 is 0 Å². The van der Waals surface area contributed by atoms with Gasteiger partial charge in [0.25, 0.3) is 0 Å². The Balaban J connectivity index is 1.97. The molecule has 0 heterocycles. The zero-order valence-corrected chi connectivity index (χ0v) is 14.5. The lowest BCUT2D eigenvalue weighted by Crippen LogP contribution is -2.23. The normalized spacial score (nSPS) is 11.3. The van der Waals surface area contributed by atoms with Crippen LogP contribution >= 0.6 is 0 Å². The number of ether oxygens (including phenoxy) is 3. The second-order valence-electron chi connectivity index (χ2n) is 5.20. The highest BCUT2D eigenvalue weighted by Gasteiger charge is 2.09. The highest BCUT2D eigenvalue weighted by molar-refractivity contribution is 5.92. The van der Waals surface area contributed by atoms with Crippen LogP contribution in [0.25, 0.3) is 0 Å². The predicted molar refractivity (Wildman–Crippen MR) is 96.4 cm³/mol. The van der Waals surface area contributed by atoms with Gasteiger partial charge in [0.2, 0.25) is 0 Å². The van der Waals surface area contributed by atoms with Gasteiger partial charge in [-0.05, 0) is 30.2 Å². The summed E-state index contributed by atoms with van der Waals surface area (Å²) in [5.41, 5.74) is 7.19. The number of alkyl halides is 2. The summed E-state index contributed by atoms with van der Waals surface area (Å²) in [5.74, 6) is 1.50. The summed E-state index contributed by atoms with van der Waals surface area (Å²) >= 11 is 0. The SMILES string of the molecule is COc1ccc(NC(N)=NCCc2ccccc2OC(F)F)cc1OC. The van der Waals surface area contributed by atoms with Gasteiger partial charge >= 0.3 is 6.61 Å². The first-order chi connectivity index (χ1) is 12.5. The third-order valence-electron chi connectivity index (χ3n) is 3.51. The number of nitrogens with one attached hydrogen (secondary N) is 1. The first-order valence-electron chi connectivity index (χ1n) is 7.85. The third-order valence-corrected chi connectivity index (χ3v) is 3.51. The minimum atomic E-state index is -2.86. The molecule has 26 heavy (non-hydrogen) atoms. The van der Waals surface area contributed by atoms with Crippen molar-refractivity contribution >= 4 is 11.6 Å². The van der Waals surface area contributed by atoms with Gasteiger partial charge in [-0.25, -0.2) is 0 Å². The zero-order chi connectivity index (χ0) is 18.9. The van der Waals surface area contributed by atoms with E-state index in [0.717, 1.165) is 0 Å². The van der Waals surface area contributed by atoms with E-state index in [1.54, 1.807) is 43.5 Å². The topological polar surface area (TPSA) is 78.1 Å². The summed E-state index contributed by atoms with van der Waals surface area (Å²) < 4.78 is 39.7. The molecule has 0 saturated heterocycles. The number of benzene rings is 2. The van der Waals surface area contributed by atoms with E-state index in [9.17, 15) is 8.78 Å². The molecule has 0 radical (unpaired) electrons. The maximum atomic E-state index is 12.4. The van der Waals surface area contributed by atoms with Crippen molar-refractivity contribution in [3.8, 4) is 17.2 Å². The lowest BCUT2D eigenvalue weighted by Gasteiger charge is -2.11. The van der Waals surface area contributed by atoms with Crippen molar-refractivity contribution in [2.24, 2.45) is 10.7 Å². The summed E-state index contributed by atoms with van der Waals surface area (Å²) in [6.07, 6.45) is 0.414. The Bertz CT molecular complexity index is 754. The van der Waals surface area contributed by atoms with Crippen molar-refractivity contribution in [2.45, 2.75) is 13.0 Å². The van der Waals surface area contributed by atoms with Gasteiger partial charge in [-0.2, -0.15) is 8.78 Å². The van der Waals surface area contributed by atoms with Crippen LogP contribution in [-0.2, 0) is 6.42 Å². The fourth-order valence-corrected chi connectivity index (χ4v) is 2.32. The Morgan fingerprint density at radius 2 is 1.81 bits per heavy atom. The Labute approximate surface area is 150 Å². The molecule has 0 aliphatic heterocycles. The van der Waals surface area contributed by atoms with E-state index in [1.807, 2.05) is 0 Å². The molecule has 0 atom stereocenters. The number of halogens is 2. The molecule has 0 unspecified atom stereocenters. The number of anilines is 1. The Kier molecular flexibility index (Phi) is 7.02. The fourth-order valence-electron chi connectivity index (χ4n) is 2.32. The second kappa shape index (κ2) is 9.45. The number of methoxy groups -OCH3 is 2. The van der Waals surface area contributed by atoms with Crippen LogP contribution in [0.15, 0.2) is 47.5 Å². The van der Waals surface area contributed by atoms with E-state index in [2.05, 4.69) is 15.0 Å². The molecule has 6 nitrogen and oxygen atoms in total. The number of hydrogen-bond donors (Lipinski definition) is 2. The number of hydrogen-bond acceptors (Lipinski definition) is 4. The van der Waals surface area contributed by atoms with Crippen molar-refractivity contribution < 1.29 is 23.0 Å². The fraction of sp³-hybridized carbons (Fsp3) is 0.278. The van der Waals surface area contributed by atoms with E-state index in [0.29, 0.717) is 35.7 Å². The quantitative estimate of drug-likeness (QED) is 0.554. The van der Waals surface area contributed by atoms with E-state index in [4.69, 9.17) is 15.2 Å². The Hall–Kier alpha value is -3.03. The van der Waals surface area contributed by atoms with E-state index in [-0.39, 0.29) is 11.7 Å². The molecule has 140 valence electrons. The Morgan fingerprint density at radius 1 is 1.08 bits per heavy atom. The molecule has 2 rings (SSSR count). The van der Waals surface area contributed by atoms with Crippen molar-refractivity contribution in [3.63, 3.8) is 0 Å². The van der Waals surface area contributed by atoms with E-state index in [1.165, 1.54) is 13.2 Å². The molecule has 2 aromatic rings. The number of nitrogens with zero attached hydrogens (tertiary/aromatic N) is 1. The molecule has 0 aromatic heterocycles. The largest absolute Gasteiger partial charge is 0.493 e. The van der Waals surface area contributed by atoms with Crippen molar-refractivity contribution in [1.82, 2.24) is 0 Å². The van der Waals surface area contributed by atoms with Crippen molar-refractivity contribution in [3.05, 3.63) is 48.0 Å². The average molecular weight is 365 g/mol. The maximum Gasteiger partial charge on any atom is 0.387 e. The minimum Gasteiger partial charge on any atom is -0.493 e. The average Bonchev–Trinajstić information content (AvgIpc) is 2.62. The first-order valence-corrected chi connectivity index (χ1v) is 7.85. The van der Waals surface area contributed by atoms with Gasteiger partial charge in [-0.3, -0.25) is 4.99 Å². The summed E-state index contributed by atoms with van der Waals surface area (Å²) in [4.78, 5) is 4.20. The van der Waals surface area contributed by atoms with Gasteiger partial charge in [-0.1, -0.05) is 18.2 Å². The summed E-state index contributed by atoms with van der Waals surface area (Å²) in [5, 5.41) is 2.94. The summed E-state index contributed by atoms with van der Waals surface area (Å²) in [6, 6.07) is 11.8. The molecule has 0 saturated carbocycles. The van der Waals surface area contributed by atoms with Crippen LogP contribution in [0.4, 0.5) is 14.5 Å². The van der Waals surface area contributed by atoms with Crippen LogP contribution in [0.1, 0.15) is 5.56 Å². The Morgan fingerprint density at radius 3 is 2.50 bits per heavy atom. The molecule has 0 aliphatic rings. The minimum absolute atomic E-state index is 0.143. The first kappa shape index (κ1) is 19.3. The van der Waals surface area contributed by atoms with Gasteiger partial charge in [0.05, 0.1) is 14.2 Å². The van der Waals surface area contributed by atoms with Gasteiger partial charge < -0.3 is 25.3 Å². The molecule has 0 spiro atoms. The van der Waals surface area contributed by atoms with Crippen molar-refractivity contribution in [2.75, 3.05) is 26.1 Å². The van der Waals surface area contributed by atoms with Crippen molar-refractivity contribution in [1.29, 1.82) is 0 Å². The molecular weight excluding hydrogens is 344 g/mol. The molecular formula is C18H21F2N3O3. The lowest BCUT2D eigenvalue weighted by molar-refractivity contribution is -0.0504. The molecule has 0 fully saturated rings. The maximum absolute atomic E-state index is 12.4. The van der Waals surface area contributed by atoms with Crippen LogP contribution < -0.4 is 25.3 Å². The number of nitrogens with two attached hydrogens (primary N) is 1. The zero-order valence-electron chi connectivity index (χ0n) is 14.5. The monoisotopic (exact) mass is 365 g/mol. The van der Waals surface area contributed by atoms with Crippen LogP contribution in [0.5, 0.6) is 17.2 Å². The van der Waals surface area contributed by atoms with E-state index < -0.39 is 6.61 Å². The molecule has 2 aromatic carbocycles. The molecule has 0 amide bonds. The predicted octanol–water partition coefficient (Wildman–Crippen LogP) is 3.27. The van der Waals surface area contributed by atoms with Gasteiger partial charge in [0, 0.05) is 18.3 Å². The smallest absolute Gasteiger partial charge is 0.387 e. The van der Waals surface area contributed by atoms with Crippen LogP contribution in [0, 0.1) is 0 Å². The highest BCUT2D eigenvalue weighted by atomic mass is 19.3. The highest BCUT2D eigenvalue weighted by Crippen LogP contribution is 2.29. The lowest BCUT2D eigenvalue weighted by atomic mass is 10.1. The molecule has 3 N–H and O–H groups in total. The molecule has 8 heteroatoms. The number of rotatable bonds is 8.